The van der Waals surface area contributed by atoms with Crippen LogP contribution >= 0.6 is 0 Å². The molecule has 10 rings (SSSR count). The van der Waals surface area contributed by atoms with Crippen molar-refractivity contribution in [3.8, 4) is 73.0 Å². The Balaban J connectivity index is 1.27. The lowest BCUT2D eigenvalue weighted by atomic mass is 9.81. The van der Waals surface area contributed by atoms with Crippen molar-refractivity contribution in [3.63, 3.8) is 0 Å². The Morgan fingerprint density at radius 2 is 1.12 bits per heavy atom. The van der Waals surface area contributed by atoms with Gasteiger partial charge >= 0.3 is 0 Å². The van der Waals surface area contributed by atoms with Crippen LogP contribution in [0.3, 0.4) is 0 Å². The summed E-state index contributed by atoms with van der Waals surface area (Å²) in [4.78, 5) is 10.4. The molecule has 5 nitrogen and oxygen atoms in total. The predicted molar refractivity (Wildman–Crippen MR) is 279 cm³/mol. The molecule has 0 aliphatic heterocycles. The summed E-state index contributed by atoms with van der Waals surface area (Å²) in [6, 6.07) is 51.2. The maximum atomic E-state index is 12.6. The highest BCUT2D eigenvalue weighted by molar-refractivity contribution is 6.10. The molecule has 0 saturated carbocycles. The number of fused-ring (bicyclic) bond motifs is 4. The average Bonchev–Trinajstić information content (AvgIpc) is 3.92. The molecule has 0 unspecified atom stereocenters. The molecule has 3 heterocycles. The zero-order valence-corrected chi connectivity index (χ0v) is 40.2. The van der Waals surface area contributed by atoms with Gasteiger partial charge in [0.1, 0.15) is 22.4 Å². The summed E-state index contributed by atoms with van der Waals surface area (Å²) in [6.07, 6.45) is 1.90. The molecule has 0 aliphatic rings. The summed E-state index contributed by atoms with van der Waals surface area (Å²) in [5.41, 5.74) is 17.7. The number of para-hydroxylation sites is 1. The summed E-state index contributed by atoms with van der Waals surface area (Å²) in [7, 11) is 0. The van der Waals surface area contributed by atoms with Crippen molar-refractivity contribution in [1.29, 1.82) is 0 Å². The van der Waals surface area contributed by atoms with Gasteiger partial charge in [0.15, 0.2) is 5.58 Å². The molecule has 10 aromatic rings. The molecule has 3 aromatic heterocycles. The Morgan fingerprint density at radius 1 is 0.507 bits per heavy atom. The first-order valence-corrected chi connectivity index (χ1v) is 23.6. The first kappa shape index (κ1) is 43.6. The number of pyridine rings is 1. The van der Waals surface area contributed by atoms with Crippen LogP contribution in [0, 0.1) is 0 Å². The normalized spacial score (nSPS) is 12.4. The van der Waals surface area contributed by atoms with E-state index in [0.29, 0.717) is 28.1 Å². The van der Waals surface area contributed by atoms with Gasteiger partial charge in [-0.2, -0.15) is 0 Å². The van der Waals surface area contributed by atoms with Crippen molar-refractivity contribution >= 4 is 33.0 Å². The molecule has 0 fully saturated rings. The maximum Gasteiger partial charge on any atom is 0.231 e. The summed E-state index contributed by atoms with van der Waals surface area (Å²) < 4.78 is 13.8. The van der Waals surface area contributed by atoms with E-state index >= 15 is 0 Å². The summed E-state index contributed by atoms with van der Waals surface area (Å²) in [5, 5.41) is 14.4. The molecule has 7 aromatic carbocycles. The van der Waals surface area contributed by atoms with Gasteiger partial charge in [0.05, 0.1) is 11.3 Å². The van der Waals surface area contributed by atoms with Gasteiger partial charge in [-0.1, -0.05) is 172 Å². The van der Waals surface area contributed by atoms with Crippen LogP contribution in [0.15, 0.2) is 161 Å². The molecule has 0 spiro atoms. The monoisotopic (exact) mass is 878 g/mol. The zero-order chi connectivity index (χ0) is 46.9. The number of phenols is 1. The van der Waals surface area contributed by atoms with Crippen molar-refractivity contribution in [1.82, 2.24) is 9.97 Å². The number of aromatic nitrogens is 2. The van der Waals surface area contributed by atoms with E-state index in [1.165, 1.54) is 27.8 Å². The lowest BCUT2D eigenvalue weighted by Gasteiger charge is -2.23. The minimum Gasteiger partial charge on any atom is -0.507 e. The fourth-order valence-electron chi connectivity index (χ4n) is 9.79. The Hall–Kier alpha value is -7.24. The van der Waals surface area contributed by atoms with E-state index in [9.17, 15) is 5.11 Å². The molecule has 67 heavy (non-hydrogen) atoms. The number of benzene rings is 7. The third-order valence-electron chi connectivity index (χ3n) is 13.3. The van der Waals surface area contributed by atoms with Crippen LogP contribution < -0.4 is 0 Å². The Bertz CT molecular complexity index is 3460. The largest absolute Gasteiger partial charge is 0.507 e. The fourth-order valence-corrected chi connectivity index (χ4v) is 9.79. The minimum atomic E-state index is -0.443. The van der Waals surface area contributed by atoms with Crippen molar-refractivity contribution in [2.24, 2.45) is 0 Å². The Morgan fingerprint density at radius 3 is 1.76 bits per heavy atom. The summed E-state index contributed by atoms with van der Waals surface area (Å²) >= 11 is 0. The lowest BCUT2D eigenvalue weighted by molar-refractivity contribution is 0.448. The second-order valence-corrected chi connectivity index (χ2v) is 20.8. The van der Waals surface area contributed by atoms with Crippen molar-refractivity contribution in [2.75, 3.05) is 0 Å². The second-order valence-electron chi connectivity index (χ2n) is 20.8. The Labute approximate surface area is 394 Å². The van der Waals surface area contributed by atoms with Gasteiger partial charge in [-0.3, -0.25) is 4.98 Å². The highest BCUT2D eigenvalue weighted by Gasteiger charge is 2.31. The molecule has 5 heteroatoms. The average molecular weight is 879 g/mol. The van der Waals surface area contributed by atoms with Gasteiger partial charge in [0.2, 0.25) is 5.89 Å². The number of furan rings is 1. The van der Waals surface area contributed by atoms with E-state index in [0.717, 1.165) is 66.6 Å². The molecule has 334 valence electrons. The standard InChI is InChI=1S/C62H58N2O3/c1-36(2)48-32-41(39-21-15-12-16-22-39)33-49(37(3)4)54(48)47-26-25-45(42-29-43(31-44(30-42)61(5,6)7)51-34-40(27-28-63-51)38-19-13-11-14-20-38)57-59(47)67-60(64-57)50-35-53-55(56(58(50)65)62(8,9)10)46-23-17-18-24-52(46)66-53/h11-37,65H,1-10H3. The first-order valence-electron chi connectivity index (χ1n) is 23.6. The molecule has 0 bridgehead atoms. The number of hydrogen-bond acceptors (Lipinski definition) is 5. The van der Waals surface area contributed by atoms with E-state index in [2.05, 4.69) is 184 Å². The highest BCUT2D eigenvalue weighted by atomic mass is 16.4. The van der Waals surface area contributed by atoms with Crippen LogP contribution in [0.25, 0.3) is 100 Å². The predicted octanol–water partition coefficient (Wildman–Crippen LogP) is 17.7. The van der Waals surface area contributed by atoms with E-state index in [1.807, 2.05) is 36.5 Å². The molecule has 0 atom stereocenters. The minimum absolute atomic E-state index is 0.139. The number of phenolic OH excluding ortho intramolecular Hbond substituents is 1. The van der Waals surface area contributed by atoms with Crippen molar-refractivity contribution in [2.45, 2.75) is 91.9 Å². The van der Waals surface area contributed by atoms with Gasteiger partial charge in [-0.05, 0) is 115 Å². The zero-order valence-electron chi connectivity index (χ0n) is 40.2. The molecule has 0 saturated heterocycles. The SMILES string of the molecule is CC(C)c1cc(-c2ccccc2)cc(C(C)C)c1-c1ccc(-c2cc(-c3cc(-c4ccccc4)ccn3)cc(C(C)(C)C)c2)c2nc(-c3cc4oc5ccccc5c4c(C(C)(C)C)c3O)oc12. The molecular weight excluding hydrogens is 821 g/mol. The highest BCUT2D eigenvalue weighted by Crippen LogP contribution is 2.50. The van der Waals surface area contributed by atoms with Crippen LogP contribution in [-0.4, -0.2) is 15.1 Å². The van der Waals surface area contributed by atoms with E-state index in [4.69, 9.17) is 18.8 Å². The molecule has 0 aliphatic carbocycles. The van der Waals surface area contributed by atoms with Gasteiger partial charge in [-0.25, -0.2) is 4.98 Å². The number of rotatable bonds is 8. The molecular formula is C62H58N2O3. The van der Waals surface area contributed by atoms with Gasteiger partial charge < -0.3 is 13.9 Å². The van der Waals surface area contributed by atoms with Crippen LogP contribution in [0.4, 0.5) is 0 Å². The van der Waals surface area contributed by atoms with Crippen LogP contribution in [-0.2, 0) is 10.8 Å². The van der Waals surface area contributed by atoms with E-state index in [-0.39, 0.29) is 23.0 Å². The topological polar surface area (TPSA) is 72.3 Å². The van der Waals surface area contributed by atoms with Gasteiger partial charge in [0.25, 0.3) is 0 Å². The van der Waals surface area contributed by atoms with Crippen molar-refractivity contribution < 1.29 is 13.9 Å². The van der Waals surface area contributed by atoms with E-state index < -0.39 is 5.41 Å². The third kappa shape index (κ3) is 7.90. The van der Waals surface area contributed by atoms with Crippen LogP contribution in [0.2, 0.25) is 0 Å². The molecule has 0 amide bonds. The number of hydrogen-bond donors (Lipinski definition) is 1. The fraction of sp³-hybridized carbons (Fsp3) is 0.226. The van der Waals surface area contributed by atoms with E-state index in [1.54, 1.807) is 0 Å². The lowest BCUT2D eigenvalue weighted by Crippen LogP contribution is -2.12. The molecule has 0 radical (unpaired) electrons. The number of oxazole rings is 1. The second kappa shape index (κ2) is 16.6. The summed E-state index contributed by atoms with van der Waals surface area (Å²) in [6.45, 7) is 22.2. The maximum absolute atomic E-state index is 12.6. The van der Waals surface area contributed by atoms with Gasteiger partial charge in [0, 0.05) is 39.2 Å². The van der Waals surface area contributed by atoms with Crippen LogP contribution in [0.1, 0.15) is 103 Å². The number of aromatic hydroxyl groups is 1. The third-order valence-corrected chi connectivity index (χ3v) is 13.3. The number of nitrogens with zero attached hydrogens (tertiary/aromatic N) is 2. The summed E-state index contributed by atoms with van der Waals surface area (Å²) in [5.74, 6) is 0.872. The quantitative estimate of drug-likeness (QED) is 0.165. The van der Waals surface area contributed by atoms with Crippen molar-refractivity contribution in [3.05, 3.63) is 174 Å². The Kier molecular flexibility index (Phi) is 10.8. The molecule has 1 N–H and O–H groups in total. The smallest absolute Gasteiger partial charge is 0.231 e. The van der Waals surface area contributed by atoms with Crippen LogP contribution in [0.5, 0.6) is 5.75 Å². The first-order chi connectivity index (χ1) is 32.0. The van der Waals surface area contributed by atoms with Gasteiger partial charge in [-0.15, -0.1) is 0 Å².